The predicted molar refractivity (Wildman–Crippen MR) is 102 cm³/mol. The molecular formula is C20H30N4. The van der Waals surface area contributed by atoms with Crippen molar-refractivity contribution >= 4 is 5.96 Å². The van der Waals surface area contributed by atoms with Gasteiger partial charge in [-0.15, -0.1) is 6.42 Å². The van der Waals surface area contributed by atoms with Gasteiger partial charge in [-0.1, -0.05) is 37.1 Å². The number of nitrogens with zero attached hydrogens (tertiary/aromatic N) is 2. The maximum Gasteiger partial charge on any atom is 0.192 e. The fourth-order valence-corrected chi connectivity index (χ4v) is 3.09. The number of benzene rings is 1. The summed E-state index contributed by atoms with van der Waals surface area (Å²) in [6.45, 7) is 9.86. The number of hydrogen-bond acceptors (Lipinski definition) is 2. The van der Waals surface area contributed by atoms with Gasteiger partial charge in [-0.3, -0.25) is 4.90 Å². The fraction of sp³-hybridized carbons (Fsp3) is 0.550. The van der Waals surface area contributed by atoms with E-state index in [-0.39, 0.29) is 0 Å². The van der Waals surface area contributed by atoms with E-state index < -0.39 is 0 Å². The summed E-state index contributed by atoms with van der Waals surface area (Å²) in [6, 6.07) is 8.81. The molecule has 1 aromatic rings. The van der Waals surface area contributed by atoms with Gasteiger partial charge in [-0.25, -0.2) is 4.99 Å². The Morgan fingerprint density at radius 2 is 2.04 bits per heavy atom. The van der Waals surface area contributed by atoms with E-state index in [9.17, 15) is 0 Å². The largest absolute Gasteiger partial charge is 0.357 e. The number of piperidine rings is 1. The van der Waals surface area contributed by atoms with Crippen molar-refractivity contribution in [3.8, 4) is 12.3 Å². The van der Waals surface area contributed by atoms with Gasteiger partial charge in [0.25, 0.3) is 0 Å². The van der Waals surface area contributed by atoms with Gasteiger partial charge in [0.15, 0.2) is 5.96 Å². The third kappa shape index (κ3) is 6.25. The zero-order valence-electron chi connectivity index (χ0n) is 15.0. The molecule has 0 spiro atoms. The molecule has 0 amide bonds. The molecule has 0 bridgehead atoms. The summed E-state index contributed by atoms with van der Waals surface area (Å²) in [5.74, 6) is 4.16. The van der Waals surface area contributed by atoms with Crippen LogP contribution in [0.2, 0.25) is 0 Å². The second-order valence-electron chi connectivity index (χ2n) is 6.55. The molecule has 0 saturated carbocycles. The molecule has 1 heterocycles. The average molecular weight is 326 g/mol. The SMILES string of the molecule is C#CCNC(=NCc1ccc(CN2CCCC(C)C2)cc1)NCC. The maximum atomic E-state index is 5.28. The van der Waals surface area contributed by atoms with Crippen LogP contribution in [0.3, 0.4) is 0 Å². The number of rotatable bonds is 6. The lowest BCUT2D eigenvalue weighted by atomic mass is 9.99. The molecule has 0 radical (unpaired) electrons. The van der Waals surface area contributed by atoms with Crippen LogP contribution in [-0.4, -0.2) is 37.0 Å². The van der Waals surface area contributed by atoms with Gasteiger partial charge in [0.1, 0.15) is 0 Å². The van der Waals surface area contributed by atoms with Gasteiger partial charge in [0.05, 0.1) is 13.1 Å². The summed E-state index contributed by atoms with van der Waals surface area (Å²) < 4.78 is 0. The molecule has 1 unspecified atom stereocenters. The first kappa shape index (κ1) is 18.4. The number of nitrogens with one attached hydrogen (secondary N) is 2. The van der Waals surface area contributed by atoms with E-state index in [1.54, 1.807) is 0 Å². The lowest BCUT2D eigenvalue weighted by Crippen LogP contribution is -2.37. The van der Waals surface area contributed by atoms with Crippen LogP contribution in [0.15, 0.2) is 29.3 Å². The molecule has 2 N–H and O–H groups in total. The van der Waals surface area contributed by atoms with Crippen molar-refractivity contribution in [1.82, 2.24) is 15.5 Å². The normalized spacial score (nSPS) is 18.9. The van der Waals surface area contributed by atoms with Crippen LogP contribution in [0.25, 0.3) is 0 Å². The van der Waals surface area contributed by atoms with Crippen LogP contribution in [0.5, 0.6) is 0 Å². The maximum absolute atomic E-state index is 5.28. The Kier molecular flexibility index (Phi) is 7.64. The van der Waals surface area contributed by atoms with Crippen LogP contribution in [-0.2, 0) is 13.1 Å². The molecule has 0 aliphatic carbocycles. The molecule has 24 heavy (non-hydrogen) atoms. The van der Waals surface area contributed by atoms with Crippen LogP contribution in [0.4, 0.5) is 0 Å². The summed E-state index contributed by atoms with van der Waals surface area (Å²) in [5, 5.41) is 6.30. The molecule has 1 fully saturated rings. The van der Waals surface area contributed by atoms with E-state index in [0.717, 1.165) is 25.0 Å². The summed E-state index contributed by atoms with van der Waals surface area (Å²) in [4.78, 5) is 7.13. The quantitative estimate of drug-likeness (QED) is 0.479. The van der Waals surface area contributed by atoms with Crippen LogP contribution >= 0.6 is 0 Å². The Balaban J connectivity index is 1.87. The third-order valence-corrected chi connectivity index (χ3v) is 4.29. The van der Waals surface area contributed by atoms with E-state index in [0.29, 0.717) is 13.1 Å². The van der Waals surface area contributed by atoms with Crippen molar-refractivity contribution in [3.05, 3.63) is 35.4 Å². The molecule has 2 rings (SSSR count). The molecule has 1 aliphatic rings. The zero-order chi connectivity index (χ0) is 17.2. The van der Waals surface area contributed by atoms with E-state index in [1.807, 2.05) is 6.92 Å². The monoisotopic (exact) mass is 326 g/mol. The Bertz CT molecular complexity index is 556. The van der Waals surface area contributed by atoms with Crippen molar-refractivity contribution in [2.24, 2.45) is 10.9 Å². The smallest absolute Gasteiger partial charge is 0.192 e. The van der Waals surface area contributed by atoms with E-state index in [4.69, 9.17) is 6.42 Å². The summed E-state index contributed by atoms with van der Waals surface area (Å²) >= 11 is 0. The Hall–Kier alpha value is -1.99. The van der Waals surface area contributed by atoms with Crippen molar-refractivity contribution < 1.29 is 0 Å². The second kappa shape index (κ2) is 10.00. The Labute approximate surface area is 146 Å². The molecule has 0 aromatic heterocycles. The number of guanidine groups is 1. The van der Waals surface area contributed by atoms with Gasteiger partial charge >= 0.3 is 0 Å². The van der Waals surface area contributed by atoms with Gasteiger partial charge in [0, 0.05) is 19.6 Å². The lowest BCUT2D eigenvalue weighted by Gasteiger charge is -2.30. The highest BCUT2D eigenvalue weighted by atomic mass is 15.2. The van der Waals surface area contributed by atoms with Gasteiger partial charge in [-0.05, 0) is 43.4 Å². The highest BCUT2D eigenvalue weighted by Gasteiger charge is 2.15. The molecule has 1 aliphatic heterocycles. The topological polar surface area (TPSA) is 39.7 Å². The summed E-state index contributed by atoms with van der Waals surface area (Å²) in [5.41, 5.74) is 2.60. The number of terminal acetylenes is 1. The third-order valence-electron chi connectivity index (χ3n) is 4.29. The lowest BCUT2D eigenvalue weighted by molar-refractivity contribution is 0.176. The predicted octanol–water partition coefficient (Wildman–Crippen LogP) is 2.61. The minimum atomic E-state index is 0.485. The van der Waals surface area contributed by atoms with Crippen LogP contribution in [0.1, 0.15) is 37.8 Å². The van der Waals surface area contributed by atoms with Gasteiger partial charge in [0.2, 0.25) is 0 Å². The first-order chi connectivity index (χ1) is 11.7. The molecule has 4 heteroatoms. The highest BCUT2D eigenvalue weighted by molar-refractivity contribution is 5.79. The molecule has 1 aromatic carbocycles. The summed E-state index contributed by atoms with van der Waals surface area (Å²) in [7, 11) is 0. The van der Waals surface area contributed by atoms with Gasteiger partial charge < -0.3 is 10.6 Å². The molecule has 1 atom stereocenters. The first-order valence-electron chi connectivity index (χ1n) is 8.97. The molecule has 1 saturated heterocycles. The van der Waals surface area contributed by atoms with Crippen LogP contribution < -0.4 is 10.6 Å². The minimum absolute atomic E-state index is 0.485. The van der Waals surface area contributed by atoms with Crippen LogP contribution in [0, 0.1) is 18.3 Å². The first-order valence-corrected chi connectivity index (χ1v) is 8.97. The second-order valence-corrected chi connectivity index (χ2v) is 6.55. The Morgan fingerprint density at radius 3 is 2.71 bits per heavy atom. The van der Waals surface area contributed by atoms with Gasteiger partial charge in [-0.2, -0.15) is 0 Å². The number of likely N-dealkylation sites (tertiary alicyclic amines) is 1. The van der Waals surface area contributed by atoms with Crippen molar-refractivity contribution in [3.63, 3.8) is 0 Å². The standard InChI is InChI=1S/C20H30N4/c1-4-12-22-20(21-5-2)23-14-18-8-10-19(11-9-18)16-24-13-6-7-17(3)15-24/h1,8-11,17H,5-7,12-16H2,2-3H3,(H2,21,22,23). The minimum Gasteiger partial charge on any atom is -0.357 e. The summed E-state index contributed by atoms with van der Waals surface area (Å²) in [6.07, 6.45) is 7.98. The van der Waals surface area contributed by atoms with E-state index in [2.05, 4.69) is 57.6 Å². The van der Waals surface area contributed by atoms with Crippen molar-refractivity contribution in [1.29, 1.82) is 0 Å². The molecule has 4 nitrogen and oxygen atoms in total. The Morgan fingerprint density at radius 1 is 1.29 bits per heavy atom. The van der Waals surface area contributed by atoms with E-state index in [1.165, 1.54) is 37.1 Å². The van der Waals surface area contributed by atoms with E-state index >= 15 is 0 Å². The van der Waals surface area contributed by atoms with Crippen molar-refractivity contribution in [2.75, 3.05) is 26.2 Å². The number of aliphatic imine (C=N–C) groups is 1. The fourth-order valence-electron chi connectivity index (χ4n) is 3.09. The molecular weight excluding hydrogens is 296 g/mol. The zero-order valence-corrected chi connectivity index (χ0v) is 15.0. The molecule has 130 valence electrons. The highest BCUT2D eigenvalue weighted by Crippen LogP contribution is 2.18. The number of hydrogen-bond donors (Lipinski definition) is 2. The van der Waals surface area contributed by atoms with Crippen molar-refractivity contribution in [2.45, 2.75) is 39.8 Å². The average Bonchev–Trinajstić information content (AvgIpc) is 2.59.